The van der Waals surface area contributed by atoms with Crippen molar-refractivity contribution in [3.8, 4) is 5.75 Å². The van der Waals surface area contributed by atoms with Crippen molar-refractivity contribution >= 4 is 62.2 Å². The molecule has 32 heavy (non-hydrogen) atoms. The molecular formula is C23H14BrCl2N3O3. The van der Waals surface area contributed by atoms with Gasteiger partial charge in [0, 0.05) is 15.1 Å². The monoisotopic (exact) mass is 529 g/mol. The number of hydrogen-bond donors (Lipinski definition) is 0. The Kier molecular flexibility index (Phi) is 6.41. The highest BCUT2D eigenvalue weighted by Crippen LogP contribution is 2.26. The molecule has 0 saturated carbocycles. The number of carbonyl (C=O) groups excluding carboxylic acids is 1. The molecule has 1 aromatic heterocycles. The minimum atomic E-state index is -0.649. The van der Waals surface area contributed by atoms with E-state index in [1.54, 1.807) is 49.4 Å². The molecule has 0 atom stereocenters. The van der Waals surface area contributed by atoms with Crippen LogP contribution in [-0.4, -0.2) is 21.8 Å². The number of esters is 1. The van der Waals surface area contributed by atoms with Gasteiger partial charge in [0.25, 0.3) is 5.56 Å². The Labute approximate surface area is 201 Å². The quantitative estimate of drug-likeness (QED) is 0.188. The Bertz CT molecular complexity index is 1450. The summed E-state index contributed by atoms with van der Waals surface area (Å²) in [6, 6.07) is 16.6. The van der Waals surface area contributed by atoms with Crippen LogP contribution in [0.25, 0.3) is 10.9 Å². The molecule has 0 amide bonds. The van der Waals surface area contributed by atoms with Crippen LogP contribution in [0.2, 0.25) is 10.0 Å². The molecule has 4 rings (SSSR count). The van der Waals surface area contributed by atoms with E-state index in [9.17, 15) is 9.59 Å². The van der Waals surface area contributed by atoms with Crippen LogP contribution in [0.3, 0.4) is 0 Å². The van der Waals surface area contributed by atoms with Gasteiger partial charge in [-0.3, -0.25) is 4.79 Å². The Morgan fingerprint density at radius 3 is 2.69 bits per heavy atom. The lowest BCUT2D eigenvalue weighted by atomic mass is 10.2. The Balaban J connectivity index is 1.70. The molecule has 0 bridgehead atoms. The summed E-state index contributed by atoms with van der Waals surface area (Å²) in [4.78, 5) is 29.9. The van der Waals surface area contributed by atoms with Gasteiger partial charge in [-0.25, -0.2) is 9.78 Å². The number of halogens is 3. The highest BCUT2D eigenvalue weighted by molar-refractivity contribution is 9.10. The summed E-state index contributed by atoms with van der Waals surface area (Å²) in [6.07, 6.45) is 1.43. The number of rotatable bonds is 4. The van der Waals surface area contributed by atoms with Gasteiger partial charge in [0.2, 0.25) is 0 Å². The van der Waals surface area contributed by atoms with Crippen molar-refractivity contribution in [3.05, 3.63) is 102 Å². The van der Waals surface area contributed by atoms with Gasteiger partial charge in [0.05, 0.1) is 27.7 Å². The zero-order chi connectivity index (χ0) is 22.8. The van der Waals surface area contributed by atoms with Gasteiger partial charge in [-0.05, 0) is 55.5 Å². The predicted octanol–water partition coefficient (Wildman–Crippen LogP) is 5.88. The molecule has 0 N–H and O–H groups in total. The summed E-state index contributed by atoms with van der Waals surface area (Å²) in [5.41, 5.74) is 0.939. The topological polar surface area (TPSA) is 73.6 Å². The fourth-order valence-electron chi connectivity index (χ4n) is 3.01. The van der Waals surface area contributed by atoms with Crippen molar-refractivity contribution in [2.75, 3.05) is 0 Å². The summed E-state index contributed by atoms with van der Waals surface area (Å²) in [7, 11) is 0. The first-order valence-corrected chi connectivity index (χ1v) is 10.9. The van der Waals surface area contributed by atoms with E-state index in [-0.39, 0.29) is 21.9 Å². The van der Waals surface area contributed by atoms with Crippen LogP contribution < -0.4 is 10.3 Å². The maximum absolute atomic E-state index is 12.8. The lowest BCUT2D eigenvalue weighted by Crippen LogP contribution is -2.20. The van der Waals surface area contributed by atoms with Crippen molar-refractivity contribution < 1.29 is 9.53 Å². The molecule has 0 aliphatic rings. The van der Waals surface area contributed by atoms with Gasteiger partial charge in [-0.1, -0.05) is 51.3 Å². The first-order valence-electron chi connectivity index (χ1n) is 9.33. The number of hydrogen-bond acceptors (Lipinski definition) is 5. The van der Waals surface area contributed by atoms with Gasteiger partial charge >= 0.3 is 5.97 Å². The van der Waals surface area contributed by atoms with E-state index in [1.165, 1.54) is 23.0 Å². The van der Waals surface area contributed by atoms with Crippen molar-refractivity contribution in [1.82, 2.24) is 9.66 Å². The summed E-state index contributed by atoms with van der Waals surface area (Å²) in [6.45, 7) is 1.69. The van der Waals surface area contributed by atoms with E-state index in [4.69, 9.17) is 27.9 Å². The molecule has 1 heterocycles. The first-order chi connectivity index (χ1) is 15.3. The summed E-state index contributed by atoms with van der Waals surface area (Å²) >= 11 is 15.4. The van der Waals surface area contributed by atoms with Crippen LogP contribution in [0.1, 0.15) is 21.7 Å². The van der Waals surface area contributed by atoms with Crippen LogP contribution in [0.5, 0.6) is 5.75 Å². The minimum absolute atomic E-state index is 0.174. The van der Waals surface area contributed by atoms with Crippen molar-refractivity contribution in [3.63, 3.8) is 0 Å². The molecule has 3 aromatic carbocycles. The zero-order valence-electron chi connectivity index (χ0n) is 16.6. The third-order valence-corrected chi connectivity index (χ3v) is 5.59. The molecule has 0 aliphatic heterocycles. The maximum atomic E-state index is 12.8. The fraction of sp³-hybridized carbons (Fsp3) is 0.0435. The molecule has 4 aromatic rings. The van der Waals surface area contributed by atoms with Gasteiger partial charge in [-0.15, -0.1) is 0 Å². The fourth-order valence-corrected chi connectivity index (χ4v) is 3.88. The number of aryl methyl sites for hydroxylation is 1. The number of nitrogens with zero attached hydrogens (tertiary/aromatic N) is 3. The third kappa shape index (κ3) is 4.60. The van der Waals surface area contributed by atoms with E-state index < -0.39 is 5.97 Å². The molecule has 0 spiro atoms. The molecule has 0 radical (unpaired) electrons. The van der Waals surface area contributed by atoms with Gasteiger partial charge in [0.15, 0.2) is 0 Å². The summed E-state index contributed by atoms with van der Waals surface area (Å²) < 4.78 is 7.48. The van der Waals surface area contributed by atoms with Crippen LogP contribution >= 0.6 is 39.1 Å². The molecule has 160 valence electrons. The maximum Gasteiger partial charge on any atom is 0.345 e. The van der Waals surface area contributed by atoms with Crippen molar-refractivity contribution in [2.24, 2.45) is 5.10 Å². The number of fused-ring (bicyclic) bond motifs is 1. The molecule has 6 nitrogen and oxygen atoms in total. The van der Waals surface area contributed by atoms with Gasteiger partial charge in [-0.2, -0.15) is 9.78 Å². The number of benzene rings is 3. The van der Waals surface area contributed by atoms with E-state index in [0.29, 0.717) is 27.3 Å². The predicted molar refractivity (Wildman–Crippen MR) is 129 cm³/mol. The van der Waals surface area contributed by atoms with Gasteiger partial charge < -0.3 is 4.74 Å². The Morgan fingerprint density at radius 1 is 1.12 bits per heavy atom. The number of para-hydroxylation sites is 1. The smallest absolute Gasteiger partial charge is 0.345 e. The van der Waals surface area contributed by atoms with Crippen LogP contribution in [0.15, 0.2) is 75.0 Å². The van der Waals surface area contributed by atoms with E-state index >= 15 is 0 Å². The first kappa shape index (κ1) is 22.2. The molecular weight excluding hydrogens is 517 g/mol. The van der Waals surface area contributed by atoms with Crippen LogP contribution in [0, 0.1) is 6.92 Å². The van der Waals surface area contributed by atoms with Crippen LogP contribution in [-0.2, 0) is 0 Å². The lowest BCUT2D eigenvalue weighted by molar-refractivity contribution is 0.0734. The lowest BCUT2D eigenvalue weighted by Gasteiger charge is -2.10. The molecule has 0 unspecified atom stereocenters. The molecule has 0 fully saturated rings. The van der Waals surface area contributed by atoms with E-state index in [2.05, 4.69) is 26.0 Å². The highest BCUT2D eigenvalue weighted by Gasteiger charge is 2.15. The third-order valence-electron chi connectivity index (χ3n) is 4.55. The SMILES string of the molecule is Cc1nc2ccccc2c(=O)n1N=Cc1cc(Br)ccc1OC(=O)c1ccc(Cl)cc1Cl. The van der Waals surface area contributed by atoms with Crippen LogP contribution in [0.4, 0.5) is 0 Å². The average molecular weight is 531 g/mol. The largest absolute Gasteiger partial charge is 0.422 e. The second-order valence-corrected chi connectivity index (χ2v) is 8.49. The van der Waals surface area contributed by atoms with Gasteiger partial charge in [0.1, 0.15) is 11.6 Å². The highest BCUT2D eigenvalue weighted by atomic mass is 79.9. The zero-order valence-corrected chi connectivity index (χ0v) is 19.6. The van der Waals surface area contributed by atoms with E-state index in [1.807, 2.05) is 6.07 Å². The van der Waals surface area contributed by atoms with E-state index in [0.717, 1.165) is 4.47 Å². The number of ether oxygens (including phenoxy) is 1. The number of aromatic nitrogens is 2. The minimum Gasteiger partial charge on any atom is -0.422 e. The van der Waals surface area contributed by atoms with Crippen molar-refractivity contribution in [2.45, 2.75) is 6.92 Å². The normalized spacial score (nSPS) is 11.2. The Hall–Kier alpha value is -3.00. The summed E-state index contributed by atoms with van der Waals surface area (Å²) in [5, 5.41) is 5.34. The molecule has 9 heteroatoms. The standard InChI is InChI=1S/C23H14BrCl2N3O3/c1-13-28-20-5-3-2-4-18(20)22(30)29(13)27-12-14-10-15(24)6-9-21(14)32-23(31)17-8-7-16(25)11-19(17)26/h2-12H,1H3. The second-order valence-electron chi connectivity index (χ2n) is 6.73. The second kappa shape index (κ2) is 9.24. The molecule has 0 saturated heterocycles. The molecule has 0 aliphatic carbocycles. The number of carbonyl (C=O) groups is 1. The Morgan fingerprint density at radius 2 is 1.91 bits per heavy atom. The average Bonchev–Trinajstić information content (AvgIpc) is 2.75. The van der Waals surface area contributed by atoms with Crippen molar-refractivity contribution in [1.29, 1.82) is 0 Å². The summed E-state index contributed by atoms with van der Waals surface area (Å²) in [5.74, 6) is 0.0169.